The second kappa shape index (κ2) is 4.67. The van der Waals surface area contributed by atoms with E-state index in [-0.39, 0.29) is 11.8 Å². The van der Waals surface area contributed by atoms with Gasteiger partial charge in [0.1, 0.15) is 5.78 Å². The lowest BCUT2D eigenvalue weighted by Gasteiger charge is -2.41. The number of ketones is 1. The zero-order chi connectivity index (χ0) is 12.7. The summed E-state index contributed by atoms with van der Waals surface area (Å²) in [6.45, 7) is 5.44. The molecule has 0 saturated carbocycles. The number of rotatable bonds is 1. The number of anilines is 1. The van der Waals surface area contributed by atoms with Gasteiger partial charge in [-0.2, -0.15) is 0 Å². The first kappa shape index (κ1) is 12.2. The topological polar surface area (TPSA) is 32.3 Å². The molecule has 3 nitrogen and oxygen atoms in total. The highest BCUT2D eigenvalue weighted by Crippen LogP contribution is 2.29. The van der Waals surface area contributed by atoms with Crippen LogP contribution in [0.15, 0.2) is 22.7 Å². The smallest absolute Gasteiger partial charge is 0.145 e. The molecule has 18 heavy (non-hydrogen) atoms. The molecule has 0 aromatic heterocycles. The second-order valence-electron chi connectivity index (χ2n) is 5.29. The Bertz CT molecular complexity index is 473. The molecule has 0 aliphatic carbocycles. The number of nitrogens with one attached hydrogen (secondary N) is 1. The van der Waals surface area contributed by atoms with E-state index >= 15 is 0 Å². The third-order valence-corrected chi connectivity index (χ3v) is 4.84. The van der Waals surface area contributed by atoms with Crippen LogP contribution in [0.3, 0.4) is 0 Å². The highest BCUT2D eigenvalue weighted by molar-refractivity contribution is 9.10. The maximum atomic E-state index is 12.0. The van der Waals surface area contributed by atoms with Gasteiger partial charge in [-0.1, -0.05) is 22.0 Å². The normalized spacial score (nSPS) is 27.4. The summed E-state index contributed by atoms with van der Waals surface area (Å²) in [5, 5.41) is 3.35. The van der Waals surface area contributed by atoms with E-state index in [9.17, 15) is 4.79 Å². The van der Waals surface area contributed by atoms with E-state index in [1.54, 1.807) is 0 Å². The Hall–Kier alpha value is -0.870. The third-order valence-electron chi connectivity index (χ3n) is 3.99. The van der Waals surface area contributed by atoms with Gasteiger partial charge in [-0.25, -0.2) is 0 Å². The minimum Gasteiger partial charge on any atom is -0.370 e. The zero-order valence-corrected chi connectivity index (χ0v) is 12.0. The average Bonchev–Trinajstić information content (AvgIpc) is 2.32. The van der Waals surface area contributed by atoms with Crippen LogP contribution in [0.4, 0.5) is 5.69 Å². The van der Waals surface area contributed by atoms with Crippen molar-refractivity contribution in [2.45, 2.75) is 6.92 Å². The summed E-state index contributed by atoms with van der Waals surface area (Å²) in [5.74, 6) is 0.784. The lowest BCUT2D eigenvalue weighted by Crippen LogP contribution is -2.57. The molecule has 2 aliphatic rings. The number of halogens is 1. The van der Waals surface area contributed by atoms with E-state index in [1.165, 1.54) is 11.3 Å². The Kier molecular flexibility index (Phi) is 3.16. The van der Waals surface area contributed by atoms with Crippen molar-refractivity contribution in [3.8, 4) is 0 Å². The highest BCUT2D eigenvalue weighted by atomic mass is 79.9. The lowest BCUT2D eigenvalue weighted by molar-refractivity contribution is -0.129. The average molecular weight is 309 g/mol. The Balaban J connectivity index is 1.85. The zero-order valence-electron chi connectivity index (χ0n) is 10.4. The number of fused-ring (bicyclic) bond motifs is 2. The van der Waals surface area contributed by atoms with Crippen LogP contribution in [0.2, 0.25) is 0 Å². The van der Waals surface area contributed by atoms with Gasteiger partial charge in [0, 0.05) is 48.2 Å². The Morgan fingerprint density at radius 1 is 1.28 bits per heavy atom. The van der Waals surface area contributed by atoms with E-state index < -0.39 is 0 Å². The molecule has 1 aromatic carbocycles. The van der Waals surface area contributed by atoms with E-state index in [0.717, 1.165) is 30.7 Å². The fourth-order valence-electron chi connectivity index (χ4n) is 2.87. The molecule has 0 spiro atoms. The number of hydrogen-bond donors (Lipinski definition) is 1. The number of Topliss-reactive ketones (excluding diaryl/α,β-unsaturated/α-hetero) is 1. The van der Waals surface area contributed by atoms with Crippen LogP contribution in [0.25, 0.3) is 0 Å². The SMILES string of the molecule is Cc1ccc(N2CC3CNCC(C2)C3=O)cc1Br. The van der Waals surface area contributed by atoms with Crippen molar-refractivity contribution in [2.75, 3.05) is 31.1 Å². The number of aryl methyl sites for hydroxylation is 1. The van der Waals surface area contributed by atoms with Gasteiger partial charge in [0.05, 0.1) is 0 Å². The summed E-state index contributed by atoms with van der Waals surface area (Å²) in [6.07, 6.45) is 0. The standard InChI is InChI=1S/C14H17BrN2O/c1-9-2-3-12(4-13(9)15)17-7-10-5-16-6-11(8-17)14(10)18/h2-4,10-11,16H,5-8H2,1H3. The fourth-order valence-corrected chi connectivity index (χ4v) is 3.24. The maximum Gasteiger partial charge on any atom is 0.145 e. The molecule has 2 saturated heterocycles. The van der Waals surface area contributed by atoms with Gasteiger partial charge in [0.25, 0.3) is 0 Å². The minimum absolute atomic E-state index is 0.164. The summed E-state index contributed by atoms with van der Waals surface area (Å²) in [6, 6.07) is 6.44. The summed E-state index contributed by atoms with van der Waals surface area (Å²) in [5.41, 5.74) is 2.46. The van der Waals surface area contributed by atoms with Crippen molar-refractivity contribution in [1.29, 1.82) is 0 Å². The van der Waals surface area contributed by atoms with Gasteiger partial charge < -0.3 is 10.2 Å². The molecular weight excluding hydrogens is 292 g/mol. The molecule has 2 aliphatic heterocycles. The molecule has 2 unspecified atom stereocenters. The van der Waals surface area contributed by atoms with Crippen LogP contribution >= 0.6 is 15.9 Å². The number of carbonyl (C=O) groups excluding carboxylic acids is 1. The molecule has 0 amide bonds. The van der Waals surface area contributed by atoms with Gasteiger partial charge in [-0.05, 0) is 24.6 Å². The Labute approximate surface area is 116 Å². The van der Waals surface area contributed by atoms with E-state index in [2.05, 4.69) is 51.3 Å². The molecular formula is C14H17BrN2O. The summed E-state index contributed by atoms with van der Waals surface area (Å²) < 4.78 is 1.14. The van der Waals surface area contributed by atoms with E-state index in [1.807, 2.05) is 0 Å². The number of piperidine rings is 2. The van der Waals surface area contributed by atoms with Crippen molar-refractivity contribution in [1.82, 2.24) is 5.32 Å². The molecule has 1 aromatic rings. The van der Waals surface area contributed by atoms with Crippen molar-refractivity contribution in [2.24, 2.45) is 11.8 Å². The second-order valence-corrected chi connectivity index (χ2v) is 6.15. The van der Waals surface area contributed by atoms with Gasteiger partial charge in [0.2, 0.25) is 0 Å². The molecule has 2 heterocycles. The van der Waals surface area contributed by atoms with Crippen molar-refractivity contribution >= 4 is 27.4 Å². The molecule has 96 valence electrons. The van der Waals surface area contributed by atoms with E-state index in [0.29, 0.717) is 5.78 Å². The number of benzene rings is 1. The third kappa shape index (κ3) is 2.08. The quantitative estimate of drug-likeness (QED) is 0.861. The molecule has 2 atom stereocenters. The van der Waals surface area contributed by atoms with Gasteiger partial charge >= 0.3 is 0 Å². The number of hydrogen-bond acceptors (Lipinski definition) is 3. The summed E-state index contributed by atoms with van der Waals surface area (Å²) >= 11 is 3.58. The van der Waals surface area contributed by atoms with Crippen LogP contribution in [0.1, 0.15) is 5.56 Å². The maximum absolute atomic E-state index is 12.0. The number of carbonyl (C=O) groups is 1. The van der Waals surface area contributed by atoms with Crippen LogP contribution in [0.5, 0.6) is 0 Å². The first-order chi connectivity index (χ1) is 8.65. The summed E-state index contributed by atoms with van der Waals surface area (Å²) in [7, 11) is 0. The molecule has 3 rings (SSSR count). The van der Waals surface area contributed by atoms with Crippen molar-refractivity contribution in [3.05, 3.63) is 28.2 Å². The minimum atomic E-state index is 0.164. The van der Waals surface area contributed by atoms with Crippen LogP contribution < -0.4 is 10.2 Å². The first-order valence-corrected chi connectivity index (χ1v) is 7.20. The monoisotopic (exact) mass is 308 g/mol. The largest absolute Gasteiger partial charge is 0.370 e. The highest BCUT2D eigenvalue weighted by Gasteiger charge is 2.37. The molecule has 0 radical (unpaired) electrons. The Morgan fingerprint density at radius 2 is 1.94 bits per heavy atom. The van der Waals surface area contributed by atoms with Gasteiger partial charge in [0.15, 0.2) is 0 Å². The molecule has 2 fully saturated rings. The van der Waals surface area contributed by atoms with Crippen molar-refractivity contribution in [3.63, 3.8) is 0 Å². The molecule has 1 N–H and O–H groups in total. The van der Waals surface area contributed by atoms with Crippen molar-refractivity contribution < 1.29 is 4.79 Å². The van der Waals surface area contributed by atoms with Crippen LogP contribution in [0, 0.1) is 18.8 Å². The molecule has 2 bridgehead atoms. The predicted molar refractivity (Wildman–Crippen MR) is 75.9 cm³/mol. The number of nitrogens with zero attached hydrogens (tertiary/aromatic N) is 1. The van der Waals surface area contributed by atoms with E-state index in [4.69, 9.17) is 0 Å². The van der Waals surface area contributed by atoms with Crippen LogP contribution in [-0.4, -0.2) is 32.0 Å². The van der Waals surface area contributed by atoms with Gasteiger partial charge in [-0.15, -0.1) is 0 Å². The Morgan fingerprint density at radius 3 is 2.56 bits per heavy atom. The molecule has 4 heteroatoms. The first-order valence-electron chi connectivity index (χ1n) is 6.40. The van der Waals surface area contributed by atoms with Gasteiger partial charge in [-0.3, -0.25) is 4.79 Å². The van der Waals surface area contributed by atoms with Crippen LogP contribution in [-0.2, 0) is 4.79 Å². The predicted octanol–water partition coefficient (Wildman–Crippen LogP) is 1.98. The fraction of sp³-hybridized carbons (Fsp3) is 0.500. The lowest BCUT2D eigenvalue weighted by atomic mass is 9.84. The summed E-state index contributed by atoms with van der Waals surface area (Å²) in [4.78, 5) is 14.4.